The van der Waals surface area contributed by atoms with Crippen molar-refractivity contribution in [2.45, 2.75) is 4.90 Å². The van der Waals surface area contributed by atoms with Gasteiger partial charge in [0.2, 0.25) is 0 Å². The molecule has 5 heteroatoms. The predicted octanol–water partition coefficient (Wildman–Crippen LogP) is 3.48. The summed E-state index contributed by atoms with van der Waals surface area (Å²) in [6, 6.07) is 20.4. The average Bonchev–Trinajstić information content (AvgIpc) is 2.54. The van der Waals surface area contributed by atoms with Crippen LogP contribution in [0.2, 0.25) is 0 Å². The van der Waals surface area contributed by atoms with E-state index in [9.17, 15) is 8.42 Å². The molecule has 0 unspecified atom stereocenters. The molecule has 0 saturated carbocycles. The molecule has 0 atom stereocenters. The Hall–Kier alpha value is -2.84. The summed E-state index contributed by atoms with van der Waals surface area (Å²) in [4.78, 5) is 0.0546. The molecular weight excluding hydrogens is 298 g/mol. The van der Waals surface area contributed by atoms with Crippen LogP contribution in [0.3, 0.4) is 0 Å². The molecule has 0 heterocycles. The van der Waals surface area contributed by atoms with Gasteiger partial charge in [0.1, 0.15) is 11.0 Å². The minimum Gasteiger partial charge on any atom is -0.378 e. The summed E-state index contributed by atoms with van der Waals surface area (Å²) in [6.45, 7) is 0. The van der Waals surface area contributed by atoms with E-state index in [1.54, 1.807) is 24.3 Å². The molecule has 0 radical (unpaired) electrons. The van der Waals surface area contributed by atoms with Gasteiger partial charge in [0, 0.05) is 0 Å². The summed E-state index contributed by atoms with van der Waals surface area (Å²) in [5.74, 6) is 0.0261. The maximum Gasteiger partial charge on any atom is 0.339 e. The first-order chi connectivity index (χ1) is 10.6. The largest absolute Gasteiger partial charge is 0.378 e. The third-order valence-corrected chi connectivity index (χ3v) is 4.45. The molecule has 3 aromatic carbocycles. The number of benzene rings is 3. The first-order valence-electron chi connectivity index (χ1n) is 6.52. The van der Waals surface area contributed by atoms with Gasteiger partial charge in [0.15, 0.2) is 5.75 Å². The van der Waals surface area contributed by atoms with E-state index < -0.39 is 10.1 Å². The van der Waals surface area contributed by atoms with Crippen LogP contribution in [0, 0.1) is 11.3 Å². The summed E-state index contributed by atoms with van der Waals surface area (Å²) >= 11 is 0. The number of hydrogen-bond acceptors (Lipinski definition) is 4. The Bertz CT molecular complexity index is 988. The van der Waals surface area contributed by atoms with Crippen molar-refractivity contribution in [3.8, 4) is 11.8 Å². The van der Waals surface area contributed by atoms with Gasteiger partial charge in [-0.2, -0.15) is 13.7 Å². The second-order valence-electron chi connectivity index (χ2n) is 4.65. The van der Waals surface area contributed by atoms with E-state index in [1.165, 1.54) is 18.2 Å². The number of para-hydroxylation sites is 1. The minimum absolute atomic E-state index is 0.0261. The topological polar surface area (TPSA) is 67.2 Å². The summed E-state index contributed by atoms with van der Waals surface area (Å²) in [5, 5.41) is 10.8. The molecule has 0 saturated heterocycles. The first kappa shape index (κ1) is 14.1. The standard InChI is InChI=1S/C17H11NO3S/c18-12-15-7-3-4-8-17(15)21-22(19,20)16-10-9-13-5-1-2-6-14(13)11-16/h1-11H. The van der Waals surface area contributed by atoms with E-state index in [4.69, 9.17) is 9.44 Å². The van der Waals surface area contributed by atoms with Gasteiger partial charge in [-0.1, -0.05) is 42.5 Å². The van der Waals surface area contributed by atoms with Gasteiger partial charge in [-0.3, -0.25) is 0 Å². The van der Waals surface area contributed by atoms with Crippen LogP contribution in [0.1, 0.15) is 5.56 Å². The fraction of sp³-hybridized carbons (Fsp3) is 0. The van der Waals surface area contributed by atoms with Crippen molar-refractivity contribution in [3.63, 3.8) is 0 Å². The molecule has 0 amide bonds. The zero-order valence-electron chi connectivity index (χ0n) is 11.4. The highest BCUT2D eigenvalue weighted by Gasteiger charge is 2.18. The van der Waals surface area contributed by atoms with Gasteiger partial charge in [0.25, 0.3) is 0 Å². The van der Waals surface area contributed by atoms with Crippen LogP contribution in [0.15, 0.2) is 71.6 Å². The minimum atomic E-state index is -3.99. The van der Waals surface area contributed by atoms with E-state index in [2.05, 4.69) is 0 Å². The fourth-order valence-corrected chi connectivity index (χ4v) is 3.10. The van der Waals surface area contributed by atoms with E-state index >= 15 is 0 Å². The molecule has 0 bridgehead atoms. The Morgan fingerprint density at radius 1 is 0.864 bits per heavy atom. The zero-order valence-corrected chi connectivity index (χ0v) is 12.2. The molecular formula is C17H11NO3S. The quantitative estimate of drug-likeness (QED) is 0.695. The SMILES string of the molecule is N#Cc1ccccc1OS(=O)(=O)c1ccc2ccccc2c1. The van der Waals surface area contributed by atoms with Crippen LogP contribution in [0.25, 0.3) is 10.8 Å². The lowest BCUT2D eigenvalue weighted by Gasteiger charge is -2.09. The Morgan fingerprint density at radius 2 is 1.55 bits per heavy atom. The van der Waals surface area contributed by atoms with Gasteiger partial charge in [-0.05, 0) is 35.0 Å². The van der Waals surface area contributed by atoms with E-state index in [0.29, 0.717) is 0 Å². The van der Waals surface area contributed by atoms with E-state index in [1.807, 2.05) is 30.3 Å². The van der Waals surface area contributed by atoms with Crippen LogP contribution < -0.4 is 4.18 Å². The monoisotopic (exact) mass is 309 g/mol. The fourth-order valence-electron chi connectivity index (χ4n) is 2.12. The average molecular weight is 309 g/mol. The van der Waals surface area contributed by atoms with Gasteiger partial charge in [-0.25, -0.2) is 0 Å². The van der Waals surface area contributed by atoms with Gasteiger partial charge < -0.3 is 4.18 Å². The molecule has 0 aliphatic carbocycles. The Labute approximate surface area is 128 Å². The Balaban J connectivity index is 2.03. The lowest BCUT2D eigenvalue weighted by Crippen LogP contribution is -2.10. The number of nitriles is 1. The summed E-state index contributed by atoms with van der Waals surface area (Å²) in [5.41, 5.74) is 0.173. The summed E-state index contributed by atoms with van der Waals surface area (Å²) < 4.78 is 29.9. The number of rotatable bonds is 3. The lowest BCUT2D eigenvalue weighted by atomic mass is 10.1. The second kappa shape index (κ2) is 5.51. The van der Waals surface area contributed by atoms with Crippen LogP contribution in [-0.4, -0.2) is 8.42 Å². The molecule has 0 fully saturated rings. The third kappa shape index (κ3) is 2.65. The van der Waals surface area contributed by atoms with Crippen LogP contribution in [-0.2, 0) is 10.1 Å². The van der Waals surface area contributed by atoms with Crippen molar-refractivity contribution in [1.82, 2.24) is 0 Å². The zero-order chi connectivity index (χ0) is 15.6. The number of nitrogens with zero attached hydrogens (tertiary/aromatic N) is 1. The Kier molecular flexibility index (Phi) is 3.53. The molecule has 0 N–H and O–H groups in total. The maximum absolute atomic E-state index is 12.4. The molecule has 0 aliphatic rings. The van der Waals surface area contributed by atoms with Gasteiger partial charge in [0.05, 0.1) is 5.56 Å². The molecule has 108 valence electrons. The number of fused-ring (bicyclic) bond motifs is 1. The molecule has 3 rings (SSSR count). The highest BCUT2D eigenvalue weighted by Crippen LogP contribution is 2.24. The van der Waals surface area contributed by atoms with Crippen molar-refractivity contribution in [2.24, 2.45) is 0 Å². The van der Waals surface area contributed by atoms with Crippen molar-refractivity contribution < 1.29 is 12.6 Å². The van der Waals surface area contributed by atoms with Crippen LogP contribution in [0.5, 0.6) is 5.75 Å². The highest BCUT2D eigenvalue weighted by atomic mass is 32.2. The molecule has 0 aromatic heterocycles. The lowest BCUT2D eigenvalue weighted by molar-refractivity contribution is 0.485. The normalized spacial score (nSPS) is 11.0. The molecule has 0 aliphatic heterocycles. The van der Waals surface area contributed by atoms with Crippen LogP contribution in [0.4, 0.5) is 0 Å². The number of hydrogen-bond donors (Lipinski definition) is 0. The van der Waals surface area contributed by atoms with Gasteiger partial charge >= 0.3 is 10.1 Å². The third-order valence-electron chi connectivity index (χ3n) is 3.22. The second-order valence-corrected chi connectivity index (χ2v) is 6.20. The first-order valence-corrected chi connectivity index (χ1v) is 7.93. The summed E-state index contributed by atoms with van der Waals surface area (Å²) in [6.07, 6.45) is 0. The molecule has 0 spiro atoms. The van der Waals surface area contributed by atoms with E-state index in [0.717, 1.165) is 10.8 Å². The smallest absolute Gasteiger partial charge is 0.339 e. The van der Waals surface area contributed by atoms with Gasteiger partial charge in [-0.15, -0.1) is 0 Å². The highest BCUT2D eigenvalue weighted by molar-refractivity contribution is 7.87. The van der Waals surface area contributed by atoms with Crippen molar-refractivity contribution in [2.75, 3.05) is 0 Å². The molecule has 22 heavy (non-hydrogen) atoms. The molecule has 3 aromatic rings. The van der Waals surface area contributed by atoms with Crippen LogP contribution >= 0.6 is 0 Å². The van der Waals surface area contributed by atoms with Crippen molar-refractivity contribution in [3.05, 3.63) is 72.3 Å². The Morgan fingerprint density at radius 3 is 2.32 bits per heavy atom. The van der Waals surface area contributed by atoms with Crippen molar-refractivity contribution in [1.29, 1.82) is 5.26 Å². The van der Waals surface area contributed by atoms with E-state index in [-0.39, 0.29) is 16.2 Å². The summed E-state index contributed by atoms with van der Waals surface area (Å²) in [7, 11) is -3.99. The van der Waals surface area contributed by atoms with Crippen molar-refractivity contribution >= 4 is 20.9 Å². The predicted molar refractivity (Wildman–Crippen MR) is 82.9 cm³/mol. The molecule has 4 nitrogen and oxygen atoms in total. The maximum atomic E-state index is 12.4.